The minimum Gasteiger partial charge on any atom is -0.382 e. The molecule has 6 rings (SSSR count). The van der Waals surface area contributed by atoms with E-state index in [1.165, 1.54) is 12.5 Å². The van der Waals surface area contributed by atoms with Gasteiger partial charge in [0.25, 0.3) is 5.91 Å². The second-order valence-corrected chi connectivity index (χ2v) is 8.62. The fourth-order valence-corrected chi connectivity index (χ4v) is 4.33. The summed E-state index contributed by atoms with van der Waals surface area (Å²) in [4.78, 5) is 28.7. The zero-order valence-corrected chi connectivity index (χ0v) is 18.1. The van der Waals surface area contributed by atoms with Gasteiger partial charge in [-0.05, 0) is 36.6 Å². The molecule has 5 aromatic rings. The molecule has 0 atom stereocenters. The van der Waals surface area contributed by atoms with Crippen molar-refractivity contribution < 1.29 is 9.32 Å². The number of amides is 1. The lowest BCUT2D eigenvalue weighted by Gasteiger charge is -2.07. The maximum absolute atomic E-state index is 12.7. The average Bonchev–Trinajstić information content (AvgIpc) is 3.20. The minimum absolute atomic E-state index is 0.197. The van der Waals surface area contributed by atoms with Gasteiger partial charge in [0.05, 0.1) is 31.1 Å². The highest BCUT2D eigenvalue weighted by molar-refractivity contribution is 6.31. The van der Waals surface area contributed by atoms with Crippen LogP contribution in [0.4, 0.5) is 5.82 Å². The van der Waals surface area contributed by atoms with Crippen LogP contribution in [-0.2, 0) is 13.1 Å². The third kappa shape index (κ3) is 3.58. The van der Waals surface area contributed by atoms with Crippen molar-refractivity contribution in [2.45, 2.75) is 31.8 Å². The Bertz CT molecular complexity index is 1510. The van der Waals surface area contributed by atoms with Crippen LogP contribution in [0.5, 0.6) is 0 Å². The lowest BCUT2D eigenvalue weighted by atomic mass is 10.1. The van der Waals surface area contributed by atoms with Gasteiger partial charge in [-0.3, -0.25) is 4.79 Å². The molecule has 1 aliphatic carbocycles. The van der Waals surface area contributed by atoms with E-state index in [-0.39, 0.29) is 5.91 Å². The molecule has 4 heterocycles. The highest BCUT2D eigenvalue weighted by Crippen LogP contribution is 2.41. The Hall–Kier alpha value is -3.92. The Kier molecular flexibility index (Phi) is 4.54. The Balaban J connectivity index is 1.26. The molecule has 1 saturated carbocycles. The smallest absolute Gasteiger partial charge is 0.256 e. The monoisotopic (exact) mass is 462 g/mol. The predicted molar refractivity (Wildman–Crippen MR) is 122 cm³/mol. The molecule has 1 fully saturated rings. The first kappa shape index (κ1) is 19.7. The van der Waals surface area contributed by atoms with Crippen LogP contribution in [0.1, 0.15) is 46.1 Å². The van der Waals surface area contributed by atoms with Gasteiger partial charge < -0.3 is 25.1 Å². The van der Waals surface area contributed by atoms with Crippen LogP contribution in [0.3, 0.4) is 0 Å². The number of carbonyl (C=O) groups is 1. The molecule has 1 aliphatic rings. The fourth-order valence-electron chi connectivity index (χ4n) is 4.08. The van der Waals surface area contributed by atoms with Crippen LogP contribution in [-0.4, -0.2) is 35.6 Å². The van der Waals surface area contributed by atoms with E-state index in [0.29, 0.717) is 52.3 Å². The third-order valence-electron chi connectivity index (χ3n) is 5.83. The zero-order valence-electron chi connectivity index (χ0n) is 17.4. The minimum atomic E-state index is -0.197. The number of nitrogens with one attached hydrogen (secondary N) is 2. The summed E-state index contributed by atoms with van der Waals surface area (Å²) in [6.45, 7) is 0.819. The van der Waals surface area contributed by atoms with E-state index >= 15 is 0 Å². The van der Waals surface area contributed by atoms with E-state index in [0.717, 1.165) is 35.0 Å². The molecule has 0 unspecified atom stereocenters. The maximum atomic E-state index is 12.7. The Labute approximate surface area is 192 Å². The Morgan fingerprint density at radius 3 is 3.00 bits per heavy atom. The number of nitrogens with zero attached hydrogens (tertiary/aromatic N) is 5. The summed E-state index contributed by atoms with van der Waals surface area (Å²) in [5.74, 6) is 1.13. The summed E-state index contributed by atoms with van der Waals surface area (Å²) in [5, 5.41) is 8.30. The molecule has 0 radical (unpaired) electrons. The number of hydrogen-bond acceptors (Lipinski definition) is 7. The largest absolute Gasteiger partial charge is 0.382 e. The molecule has 33 heavy (non-hydrogen) atoms. The van der Waals surface area contributed by atoms with Crippen molar-refractivity contribution in [3.63, 3.8) is 0 Å². The summed E-state index contributed by atoms with van der Waals surface area (Å²) in [5.41, 5.74) is 10.4. The third-order valence-corrected chi connectivity index (χ3v) is 6.05. The molecule has 1 aromatic carbocycles. The van der Waals surface area contributed by atoms with Crippen LogP contribution >= 0.6 is 11.6 Å². The molecule has 4 N–H and O–H groups in total. The molecule has 4 aromatic heterocycles. The number of aromatic nitrogens is 6. The Morgan fingerprint density at radius 2 is 2.15 bits per heavy atom. The van der Waals surface area contributed by atoms with Gasteiger partial charge in [-0.2, -0.15) is 0 Å². The maximum Gasteiger partial charge on any atom is 0.256 e. The highest BCUT2D eigenvalue weighted by atomic mass is 35.5. The molecule has 10 nitrogen and oxygen atoms in total. The molecule has 0 bridgehead atoms. The molecule has 166 valence electrons. The van der Waals surface area contributed by atoms with Gasteiger partial charge in [0.15, 0.2) is 17.2 Å². The first-order valence-electron chi connectivity index (χ1n) is 10.5. The number of benzene rings is 1. The van der Waals surface area contributed by atoms with Gasteiger partial charge >= 0.3 is 0 Å². The van der Waals surface area contributed by atoms with Crippen molar-refractivity contribution in [1.82, 2.24) is 35.0 Å². The predicted octanol–water partition coefficient (Wildman–Crippen LogP) is 3.39. The quantitative estimate of drug-likeness (QED) is 0.351. The first-order valence-corrected chi connectivity index (χ1v) is 10.9. The van der Waals surface area contributed by atoms with Crippen LogP contribution in [0, 0.1) is 0 Å². The van der Waals surface area contributed by atoms with E-state index in [1.54, 1.807) is 6.33 Å². The van der Waals surface area contributed by atoms with Crippen molar-refractivity contribution in [3.8, 4) is 0 Å². The SMILES string of the molecule is Nc1ncnc2c1ncn2Cc1cc(Cl)cc2cc(CNC(=O)c3cnoc3C3CC3)[nH]c12. The molecular weight excluding hydrogens is 444 g/mol. The molecule has 0 aliphatic heterocycles. The number of H-pyrrole nitrogens is 1. The van der Waals surface area contributed by atoms with E-state index in [4.69, 9.17) is 21.9 Å². The van der Waals surface area contributed by atoms with Crippen LogP contribution < -0.4 is 11.1 Å². The van der Waals surface area contributed by atoms with Gasteiger partial charge in [-0.15, -0.1) is 0 Å². The number of anilines is 1. The number of nitrogen functional groups attached to an aromatic ring is 1. The number of rotatable bonds is 6. The van der Waals surface area contributed by atoms with Crippen molar-refractivity contribution >= 4 is 45.4 Å². The topological polar surface area (TPSA) is 141 Å². The van der Waals surface area contributed by atoms with Gasteiger partial charge in [-0.1, -0.05) is 16.8 Å². The summed E-state index contributed by atoms with van der Waals surface area (Å²) in [6, 6.07) is 5.77. The molecule has 1 amide bonds. The average molecular weight is 463 g/mol. The van der Waals surface area contributed by atoms with E-state index in [2.05, 4.69) is 30.4 Å². The molecular formula is C22H19ClN8O2. The number of nitrogens with two attached hydrogens (primary N) is 1. The second-order valence-electron chi connectivity index (χ2n) is 8.19. The van der Waals surface area contributed by atoms with Gasteiger partial charge in [0, 0.05) is 22.0 Å². The van der Waals surface area contributed by atoms with Gasteiger partial charge in [0.2, 0.25) is 0 Å². The molecule has 11 heteroatoms. The van der Waals surface area contributed by atoms with Crippen molar-refractivity contribution in [1.29, 1.82) is 0 Å². The summed E-state index contributed by atoms with van der Waals surface area (Å²) in [7, 11) is 0. The summed E-state index contributed by atoms with van der Waals surface area (Å²) in [6.07, 6.45) is 6.65. The van der Waals surface area contributed by atoms with E-state index < -0.39 is 0 Å². The number of aromatic amines is 1. The first-order chi connectivity index (χ1) is 16.1. The van der Waals surface area contributed by atoms with Crippen LogP contribution in [0.15, 0.2) is 41.6 Å². The van der Waals surface area contributed by atoms with E-state index in [1.807, 2.05) is 22.8 Å². The molecule has 0 saturated heterocycles. The normalized spacial score (nSPS) is 13.7. The zero-order chi connectivity index (χ0) is 22.5. The lowest BCUT2D eigenvalue weighted by Crippen LogP contribution is -2.23. The van der Waals surface area contributed by atoms with Crippen molar-refractivity contribution in [3.05, 3.63) is 64.7 Å². The summed E-state index contributed by atoms with van der Waals surface area (Å²) >= 11 is 6.39. The number of carbonyl (C=O) groups excluding carboxylic acids is 1. The van der Waals surface area contributed by atoms with Gasteiger partial charge in [0.1, 0.15) is 17.4 Å². The van der Waals surface area contributed by atoms with Crippen LogP contribution in [0.2, 0.25) is 5.02 Å². The fraction of sp³-hybridized carbons (Fsp3) is 0.227. The highest BCUT2D eigenvalue weighted by Gasteiger charge is 2.32. The number of fused-ring (bicyclic) bond motifs is 2. The van der Waals surface area contributed by atoms with Crippen molar-refractivity contribution in [2.75, 3.05) is 5.73 Å². The van der Waals surface area contributed by atoms with Crippen molar-refractivity contribution in [2.24, 2.45) is 0 Å². The van der Waals surface area contributed by atoms with E-state index in [9.17, 15) is 4.79 Å². The number of hydrogen-bond donors (Lipinski definition) is 3. The number of imidazole rings is 1. The number of halogens is 1. The second kappa shape index (κ2) is 7.59. The Morgan fingerprint density at radius 1 is 1.27 bits per heavy atom. The lowest BCUT2D eigenvalue weighted by molar-refractivity contribution is 0.0948. The van der Waals surface area contributed by atoms with Crippen LogP contribution in [0.25, 0.3) is 22.1 Å². The standard InChI is InChI=1S/C22H19ClN8O2/c23-14-3-12-5-15(6-25-22(32)16-7-29-33-19(16)11-1-2-11)30-17(12)13(4-14)8-31-10-28-18-20(24)26-9-27-21(18)31/h3-5,7,9-11,30H,1-2,6,8H2,(H,25,32)(H2,24,26,27). The molecule has 0 spiro atoms. The van der Waals surface area contributed by atoms with Gasteiger partial charge in [-0.25, -0.2) is 15.0 Å². The summed E-state index contributed by atoms with van der Waals surface area (Å²) < 4.78 is 7.16.